The number of nitrogen functional groups attached to an aromatic ring is 1. The fourth-order valence-electron chi connectivity index (χ4n) is 1.84. The van der Waals surface area contributed by atoms with Gasteiger partial charge in [0.05, 0.1) is 6.61 Å². The van der Waals surface area contributed by atoms with Gasteiger partial charge in [0.15, 0.2) is 6.23 Å². The quantitative estimate of drug-likeness (QED) is 0.621. The number of nitrogens with zero attached hydrogens (tertiary/aromatic N) is 2. The molecule has 0 radical (unpaired) electrons. The van der Waals surface area contributed by atoms with Crippen molar-refractivity contribution < 1.29 is 19.0 Å². The Kier molecular flexibility index (Phi) is 6.08. The third-order valence-electron chi connectivity index (χ3n) is 2.97. The average Bonchev–Trinajstić information content (AvgIpc) is 2.92. The van der Waals surface area contributed by atoms with Crippen LogP contribution < -0.4 is 11.4 Å². The van der Waals surface area contributed by atoms with Crippen molar-refractivity contribution in [2.75, 3.05) is 18.1 Å². The van der Waals surface area contributed by atoms with Crippen molar-refractivity contribution in [3.8, 4) is 0 Å². The highest BCUT2D eigenvalue weighted by molar-refractivity contribution is 7.99. The van der Waals surface area contributed by atoms with Gasteiger partial charge in [0, 0.05) is 11.9 Å². The Labute approximate surface area is 131 Å². The van der Waals surface area contributed by atoms with E-state index in [-0.39, 0.29) is 5.82 Å². The molecule has 0 spiro atoms. The molecule has 2 N–H and O–H groups in total. The molecule has 9 heteroatoms. The zero-order chi connectivity index (χ0) is 15.9. The van der Waals surface area contributed by atoms with E-state index in [0.29, 0.717) is 12.4 Å². The zero-order valence-electron chi connectivity index (χ0n) is 12.3. The van der Waals surface area contributed by atoms with Crippen molar-refractivity contribution in [1.82, 2.24) is 9.55 Å². The Morgan fingerprint density at radius 1 is 1.59 bits per heavy atom. The van der Waals surface area contributed by atoms with E-state index in [1.54, 1.807) is 0 Å². The Bertz CT molecular complexity index is 565. The average molecular weight is 329 g/mol. The third kappa shape index (κ3) is 4.63. The van der Waals surface area contributed by atoms with E-state index in [4.69, 9.17) is 19.9 Å². The standard InChI is InChI=1S/C13H19N3O5S/c1-2-3-4-7-19-12(18)21-13-20-10(8-22-13)16-6-5-9(14)15-11(16)17/h5-6,10,13H,2-4,7-8H2,1H3,(H2,14,15,17)/t10-,13-/m0/s1. The zero-order valence-corrected chi connectivity index (χ0v) is 13.1. The van der Waals surface area contributed by atoms with Crippen molar-refractivity contribution in [1.29, 1.82) is 0 Å². The van der Waals surface area contributed by atoms with Gasteiger partial charge in [-0.15, -0.1) is 0 Å². The van der Waals surface area contributed by atoms with Crippen molar-refractivity contribution >= 4 is 23.7 Å². The van der Waals surface area contributed by atoms with Gasteiger partial charge in [-0.2, -0.15) is 4.98 Å². The predicted octanol–water partition coefficient (Wildman–Crippen LogP) is 1.71. The molecule has 1 aliphatic heterocycles. The number of unbranched alkanes of at least 4 members (excludes halogenated alkanes) is 2. The molecular weight excluding hydrogens is 310 g/mol. The molecule has 0 amide bonds. The summed E-state index contributed by atoms with van der Waals surface area (Å²) in [5, 5.41) is 0. The minimum atomic E-state index is -0.798. The summed E-state index contributed by atoms with van der Waals surface area (Å²) >= 11 is 1.27. The van der Waals surface area contributed by atoms with E-state index >= 15 is 0 Å². The van der Waals surface area contributed by atoms with E-state index in [1.807, 2.05) is 0 Å². The monoisotopic (exact) mass is 329 g/mol. The van der Waals surface area contributed by atoms with Gasteiger partial charge < -0.3 is 19.9 Å². The summed E-state index contributed by atoms with van der Waals surface area (Å²) in [6.45, 7) is 2.39. The summed E-state index contributed by atoms with van der Waals surface area (Å²) in [6, 6.07) is 1.51. The molecule has 0 bridgehead atoms. The smallest absolute Gasteiger partial charge is 0.434 e. The number of carbonyl (C=O) groups excluding carboxylic acids is 1. The highest BCUT2D eigenvalue weighted by Crippen LogP contribution is 2.31. The van der Waals surface area contributed by atoms with Crippen LogP contribution in [0.4, 0.5) is 10.6 Å². The van der Waals surface area contributed by atoms with E-state index in [0.717, 1.165) is 19.3 Å². The Balaban J connectivity index is 1.80. The van der Waals surface area contributed by atoms with Gasteiger partial charge in [-0.05, 0) is 12.5 Å². The first-order chi connectivity index (χ1) is 10.6. The maximum absolute atomic E-state index is 11.7. The maximum Gasteiger partial charge on any atom is 0.511 e. The van der Waals surface area contributed by atoms with Gasteiger partial charge in [0.1, 0.15) is 5.82 Å². The lowest BCUT2D eigenvalue weighted by molar-refractivity contribution is -0.105. The Morgan fingerprint density at radius 3 is 3.14 bits per heavy atom. The molecule has 2 heterocycles. The van der Waals surface area contributed by atoms with Crippen LogP contribution in [0.3, 0.4) is 0 Å². The number of rotatable bonds is 6. The minimum Gasteiger partial charge on any atom is -0.434 e. The summed E-state index contributed by atoms with van der Waals surface area (Å²) in [5.41, 5.74) is 4.13. The number of aromatic nitrogens is 2. The van der Waals surface area contributed by atoms with Crippen LogP contribution in [0.25, 0.3) is 0 Å². The van der Waals surface area contributed by atoms with E-state index < -0.39 is 23.7 Å². The van der Waals surface area contributed by atoms with E-state index in [1.165, 1.54) is 28.6 Å². The molecule has 0 aliphatic carbocycles. The molecular formula is C13H19N3O5S. The molecule has 0 unspecified atom stereocenters. The fourth-order valence-corrected chi connectivity index (χ4v) is 2.75. The maximum atomic E-state index is 11.7. The molecule has 8 nitrogen and oxygen atoms in total. The van der Waals surface area contributed by atoms with Crippen LogP contribution in [-0.4, -0.2) is 33.7 Å². The van der Waals surface area contributed by atoms with Gasteiger partial charge >= 0.3 is 11.8 Å². The number of thioether (sulfide) groups is 1. The lowest BCUT2D eigenvalue weighted by Gasteiger charge is -2.14. The third-order valence-corrected chi connectivity index (χ3v) is 3.92. The van der Waals surface area contributed by atoms with Gasteiger partial charge in [-0.25, -0.2) is 9.59 Å². The number of nitrogens with two attached hydrogens (primary N) is 1. The predicted molar refractivity (Wildman–Crippen MR) is 81.2 cm³/mol. The Hall–Kier alpha value is -1.74. The second-order valence-electron chi connectivity index (χ2n) is 4.68. The summed E-state index contributed by atoms with van der Waals surface area (Å²) in [4.78, 5) is 26.8. The summed E-state index contributed by atoms with van der Waals surface area (Å²) < 4.78 is 16.8. The molecule has 1 saturated heterocycles. The van der Waals surface area contributed by atoms with Gasteiger partial charge in [0.2, 0.25) is 0 Å². The number of ether oxygens (including phenoxy) is 3. The van der Waals surface area contributed by atoms with Crippen molar-refractivity contribution in [2.24, 2.45) is 0 Å². The normalized spacial score (nSPS) is 20.8. The molecule has 0 aromatic carbocycles. The topological polar surface area (TPSA) is 106 Å². The van der Waals surface area contributed by atoms with Gasteiger partial charge in [-0.1, -0.05) is 31.5 Å². The van der Waals surface area contributed by atoms with Crippen LogP contribution in [-0.2, 0) is 14.2 Å². The molecule has 2 atom stereocenters. The van der Waals surface area contributed by atoms with E-state index in [9.17, 15) is 9.59 Å². The van der Waals surface area contributed by atoms with Crippen LogP contribution in [0.1, 0.15) is 32.4 Å². The van der Waals surface area contributed by atoms with Crippen molar-refractivity contribution in [3.63, 3.8) is 0 Å². The highest BCUT2D eigenvalue weighted by Gasteiger charge is 2.31. The Morgan fingerprint density at radius 2 is 2.41 bits per heavy atom. The molecule has 122 valence electrons. The van der Waals surface area contributed by atoms with Crippen LogP contribution in [0.2, 0.25) is 0 Å². The minimum absolute atomic E-state index is 0.148. The number of anilines is 1. The highest BCUT2D eigenvalue weighted by atomic mass is 32.2. The number of hydrogen-bond acceptors (Lipinski definition) is 8. The molecule has 1 aromatic rings. The summed E-state index contributed by atoms with van der Waals surface area (Å²) in [7, 11) is 0. The van der Waals surface area contributed by atoms with Crippen molar-refractivity contribution in [3.05, 3.63) is 22.7 Å². The molecule has 2 rings (SSSR count). The second kappa shape index (κ2) is 8.04. The molecule has 1 fully saturated rings. The van der Waals surface area contributed by atoms with E-state index in [2.05, 4.69) is 11.9 Å². The number of carbonyl (C=O) groups is 1. The van der Waals surface area contributed by atoms with Crippen LogP contribution >= 0.6 is 11.8 Å². The number of hydrogen-bond donors (Lipinski definition) is 1. The lowest BCUT2D eigenvalue weighted by Crippen LogP contribution is -2.29. The molecule has 0 saturated carbocycles. The largest absolute Gasteiger partial charge is 0.511 e. The summed E-state index contributed by atoms with van der Waals surface area (Å²) in [6.07, 6.45) is 3.03. The fraction of sp³-hybridized carbons (Fsp3) is 0.615. The molecule has 1 aliphatic rings. The molecule has 1 aromatic heterocycles. The van der Waals surface area contributed by atoms with Crippen molar-refractivity contribution in [2.45, 2.75) is 38.0 Å². The summed E-state index contributed by atoms with van der Waals surface area (Å²) in [5.74, 6) is 0.606. The molecule has 22 heavy (non-hydrogen) atoms. The van der Waals surface area contributed by atoms with Gasteiger partial charge in [-0.3, -0.25) is 4.57 Å². The van der Waals surface area contributed by atoms with Crippen LogP contribution in [0.5, 0.6) is 0 Å². The first-order valence-electron chi connectivity index (χ1n) is 7.05. The van der Waals surface area contributed by atoms with Crippen LogP contribution in [0, 0.1) is 0 Å². The lowest BCUT2D eigenvalue weighted by atomic mass is 10.3. The van der Waals surface area contributed by atoms with Gasteiger partial charge in [0.25, 0.3) is 5.62 Å². The first kappa shape index (κ1) is 16.6. The van der Waals surface area contributed by atoms with Crippen LogP contribution in [0.15, 0.2) is 17.1 Å². The second-order valence-corrected chi connectivity index (χ2v) is 5.73. The first-order valence-corrected chi connectivity index (χ1v) is 8.10. The SMILES string of the molecule is CCCCCOC(=O)O[C@@H]1O[C@H](n2ccc(N)nc2=O)CS1.